The molecule has 160 valence electrons. The van der Waals surface area contributed by atoms with Gasteiger partial charge in [0.2, 0.25) is 5.91 Å². The van der Waals surface area contributed by atoms with Gasteiger partial charge in [-0.3, -0.25) is 9.78 Å². The first-order valence-electron chi connectivity index (χ1n) is 11.6. The SMILES string of the molecule is CC(=O)Nc1cncc(C2=CC[C@H]3[C@@H]4CC=C5C[C@@H](O)CC[C@]5(C)[C@H]4CC[C@]23C)c1. The van der Waals surface area contributed by atoms with E-state index in [2.05, 4.69) is 42.4 Å². The molecule has 1 amide bonds. The molecule has 0 radical (unpaired) electrons. The first kappa shape index (κ1) is 20.0. The van der Waals surface area contributed by atoms with Crippen LogP contribution in [0.3, 0.4) is 0 Å². The first-order chi connectivity index (χ1) is 14.3. The minimum Gasteiger partial charge on any atom is -0.393 e. The van der Waals surface area contributed by atoms with Gasteiger partial charge < -0.3 is 10.4 Å². The van der Waals surface area contributed by atoms with Crippen molar-refractivity contribution in [3.8, 4) is 0 Å². The van der Waals surface area contributed by atoms with E-state index < -0.39 is 0 Å². The number of nitrogens with one attached hydrogen (secondary N) is 1. The average molecular weight is 407 g/mol. The van der Waals surface area contributed by atoms with Gasteiger partial charge in [-0.25, -0.2) is 0 Å². The fourth-order valence-corrected chi connectivity index (χ4v) is 7.52. The molecule has 1 heterocycles. The molecule has 2 N–H and O–H groups in total. The summed E-state index contributed by atoms with van der Waals surface area (Å²) in [5.41, 5.74) is 5.34. The van der Waals surface area contributed by atoms with Crippen LogP contribution in [0.25, 0.3) is 5.57 Å². The molecule has 1 aromatic heterocycles. The predicted octanol–water partition coefficient (Wildman–Crippen LogP) is 5.36. The highest BCUT2D eigenvalue weighted by atomic mass is 16.3. The Morgan fingerprint density at radius 3 is 2.70 bits per heavy atom. The lowest BCUT2D eigenvalue weighted by molar-refractivity contribution is -0.114. The number of aliphatic hydroxyl groups excluding tert-OH is 1. The molecular weight excluding hydrogens is 372 g/mol. The van der Waals surface area contributed by atoms with Crippen molar-refractivity contribution in [1.29, 1.82) is 0 Å². The number of anilines is 1. The minimum atomic E-state index is -0.141. The van der Waals surface area contributed by atoms with Crippen LogP contribution in [0.15, 0.2) is 36.2 Å². The van der Waals surface area contributed by atoms with Gasteiger partial charge >= 0.3 is 0 Å². The summed E-state index contributed by atoms with van der Waals surface area (Å²) in [6.45, 7) is 6.48. The van der Waals surface area contributed by atoms with Gasteiger partial charge in [-0.15, -0.1) is 0 Å². The number of pyridine rings is 1. The molecule has 30 heavy (non-hydrogen) atoms. The number of hydrogen-bond donors (Lipinski definition) is 2. The lowest BCUT2D eigenvalue weighted by atomic mass is 9.47. The molecule has 4 aliphatic carbocycles. The van der Waals surface area contributed by atoms with Crippen LogP contribution < -0.4 is 5.32 Å². The van der Waals surface area contributed by atoms with Crippen LogP contribution in [0, 0.1) is 28.6 Å². The Labute approximate surface area is 179 Å². The number of carbonyl (C=O) groups excluding carboxylic acids is 1. The van der Waals surface area contributed by atoms with Crippen LogP contribution in [0.2, 0.25) is 0 Å². The summed E-state index contributed by atoms with van der Waals surface area (Å²) in [7, 11) is 0. The van der Waals surface area contributed by atoms with E-state index in [1.165, 1.54) is 30.9 Å². The Kier molecular flexibility index (Phi) is 4.70. The van der Waals surface area contributed by atoms with Crippen molar-refractivity contribution in [3.63, 3.8) is 0 Å². The summed E-state index contributed by atoms with van der Waals surface area (Å²) in [6.07, 6.45) is 16.2. The molecule has 4 aliphatic rings. The fourth-order valence-electron chi connectivity index (χ4n) is 7.52. The van der Waals surface area contributed by atoms with Crippen LogP contribution in [0.1, 0.15) is 71.3 Å². The van der Waals surface area contributed by atoms with Gasteiger partial charge in [0.1, 0.15) is 0 Å². The Bertz CT molecular complexity index is 935. The summed E-state index contributed by atoms with van der Waals surface area (Å²) in [5.74, 6) is 2.05. The summed E-state index contributed by atoms with van der Waals surface area (Å²) in [4.78, 5) is 15.9. The molecule has 0 unspecified atom stereocenters. The molecule has 0 saturated heterocycles. The van der Waals surface area contributed by atoms with Gasteiger partial charge in [0, 0.05) is 13.1 Å². The molecule has 0 aromatic carbocycles. The van der Waals surface area contributed by atoms with Crippen LogP contribution in [0.4, 0.5) is 5.69 Å². The van der Waals surface area contributed by atoms with Crippen LogP contribution in [-0.4, -0.2) is 22.1 Å². The third-order valence-electron chi connectivity index (χ3n) is 9.03. The lowest BCUT2D eigenvalue weighted by Crippen LogP contribution is -2.49. The molecule has 5 rings (SSSR count). The molecule has 0 aliphatic heterocycles. The van der Waals surface area contributed by atoms with Crippen LogP contribution in [0.5, 0.6) is 0 Å². The highest BCUT2D eigenvalue weighted by molar-refractivity contribution is 5.89. The second-order valence-electron chi connectivity index (χ2n) is 10.6. The van der Waals surface area contributed by atoms with E-state index in [-0.39, 0.29) is 22.8 Å². The van der Waals surface area contributed by atoms with E-state index in [0.717, 1.165) is 49.3 Å². The second-order valence-corrected chi connectivity index (χ2v) is 10.6. The topological polar surface area (TPSA) is 62.2 Å². The summed E-state index contributed by atoms with van der Waals surface area (Å²) in [5, 5.41) is 13.1. The standard InChI is InChI=1S/C26H34N2O2/c1-16(29)28-19-12-17(14-27-15-19)22-6-7-23-21-5-4-18-13-20(30)8-10-25(18,2)24(21)9-11-26(22,23)3/h4,6,12,14-15,20-21,23-24,30H,5,7-11,13H2,1-3H3,(H,28,29)/t20-,21-,23-,24-,25-,26+/m0/s1. The zero-order chi connectivity index (χ0) is 21.1. The largest absolute Gasteiger partial charge is 0.393 e. The maximum atomic E-state index is 11.5. The van der Waals surface area contributed by atoms with Crippen LogP contribution >= 0.6 is 0 Å². The van der Waals surface area contributed by atoms with E-state index >= 15 is 0 Å². The van der Waals surface area contributed by atoms with E-state index in [1.54, 1.807) is 6.20 Å². The summed E-state index contributed by atoms with van der Waals surface area (Å²) in [6, 6.07) is 2.09. The van der Waals surface area contributed by atoms with Gasteiger partial charge in [-0.05, 0) is 90.7 Å². The molecule has 0 bridgehead atoms. The summed E-state index contributed by atoms with van der Waals surface area (Å²) < 4.78 is 0. The second kappa shape index (κ2) is 7.05. The first-order valence-corrected chi connectivity index (χ1v) is 11.6. The maximum Gasteiger partial charge on any atom is 0.221 e. The van der Waals surface area contributed by atoms with E-state index in [0.29, 0.717) is 11.8 Å². The number of amides is 1. The van der Waals surface area contributed by atoms with Gasteiger partial charge in [-0.2, -0.15) is 0 Å². The highest BCUT2D eigenvalue weighted by Gasteiger charge is 2.56. The quantitative estimate of drug-likeness (QED) is 0.650. The van der Waals surface area contributed by atoms with Crippen molar-refractivity contribution < 1.29 is 9.90 Å². The van der Waals surface area contributed by atoms with Crippen molar-refractivity contribution in [3.05, 3.63) is 41.7 Å². The van der Waals surface area contributed by atoms with Gasteiger partial charge in [0.15, 0.2) is 0 Å². The fraction of sp³-hybridized carbons (Fsp3) is 0.615. The molecule has 4 nitrogen and oxygen atoms in total. The van der Waals surface area contributed by atoms with Crippen molar-refractivity contribution in [2.75, 3.05) is 5.32 Å². The number of nitrogens with zero attached hydrogens (tertiary/aromatic N) is 1. The van der Waals surface area contributed by atoms with Crippen molar-refractivity contribution in [2.45, 2.75) is 71.8 Å². The molecule has 0 spiro atoms. The number of aliphatic hydroxyl groups is 1. The summed E-state index contributed by atoms with van der Waals surface area (Å²) >= 11 is 0. The normalized spacial score (nSPS) is 39.9. The zero-order valence-corrected chi connectivity index (χ0v) is 18.4. The molecular formula is C26H34N2O2. The number of fused-ring (bicyclic) bond motifs is 5. The van der Waals surface area contributed by atoms with E-state index in [9.17, 15) is 9.90 Å². The van der Waals surface area contributed by atoms with E-state index in [4.69, 9.17) is 0 Å². The van der Waals surface area contributed by atoms with Gasteiger partial charge in [-0.1, -0.05) is 31.6 Å². The van der Waals surface area contributed by atoms with E-state index in [1.807, 2.05) is 6.20 Å². The van der Waals surface area contributed by atoms with Gasteiger partial charge in [0.05, 0.1) is 18.0 Å². The molecule has 2 saturated carbocycles. The smallest absolute Gasteiger partial charge is 0.221 e. The molecule has 4 heteroatoms. The number of hydrogen-bond acceptors (Lipinski definition) is 3. The zero-order valence-electron chi connectivity index (χ0n) is 18.4. The van der Waals surface area contributed by atoms with Crippen molar-refractivity contribution in [1.82, 2.24) is 4.98 Å². The lowest BCUT2D eigenvalue weighted by Gasteiger charge is -2.57. The predicted molar refractivity (Wildman–Crippen MR) is 120 cm³/mol. The third-order valence-corrected chi connectivity index (χ3v) is 9.03. The Morgan fingerprint density at radius 2 is 1.90 bits per heavy atom. The maximum absolute atomic E-state index is 11.5. The number of allylic oxidation sites excluding steroid dienone is 3. The molecule has 2 fully saturated rings. The highest BCUT2D eigenvalue weighted by Crippen LogP contribution is 2.66. The monoisotopic (exact) mass is 406 g/mol. The van der Waals surface area contributed by atoms with Crippen molar-refractivity contribution >= 4 is 17.2 Å². The number of carbonyl (C=O) groups is 1. The minimum absolute atomic E-state index is 0.0606. The Hall–Kier alpha value is -1.94. The number of rotatable bonds is 2. The molecule has 6 atom stereocenters. The average Bonchev–Trinajstić information content (AvgIpc) is 3.05. The third kappa shape index (κ3) is 2.98. The Morgan fingerprint density at radius 1 is 1.10 bits per heavy atom. The molecule has 1 aromatic rings. The Balaban J connectivity index is 1.44. The number of aromatic nitrogens is 1. The van der Waals surface area contributed by atoms with Crippen LogP contribution in [-0.2, 0) is 4.79 Å². The van der Waals surface area contributed by atoms with Gasteiger partial charge in [0.25, 0.3) is 0 Å². The van der Waals surface area contributed by atoms with Crippen molar-refractivity contribution in [2.24, 2.45) is 28.6 Å².